The quantitative estimate of drug-likeness (QED) is 0.716. The summed E-state index contributed by atoms with van der Waals surface area (Å²) in [5, 5.41) is 1.83. The number of hydrogen-bond donors (Lipinski definition) is 2. The van der Waals surface area contributed by atoms with E-state index in [1.807, 2.05) is 11.1 Å². The van der Waals surface area contributed by atoms with Crippen LogP contribution in [0.2, 0.25) is 0 Å². The number of anilines is 2. The first kappa shape index (κ1) is 18.7. The fourth-order valence-corrected chi connectivity index (χ4v) is 4.42. The minimum atomic E-state index is -0.977. The van der Waals surface area contributed by atoms with Gasteiger partial charge in [-0.05, 0) is 24.5 Å². The molecule has 1 saturated carbocycles. The van der Waals surface area contributed by atoms with Crippen LogP contribution in [0.4, 0.5) is 15.8 Å². The van der Waals surface area contributed by atoms with Crippen molar-refractivity contribution in [2.45, 2.75) is 37.6 Å². The number of fused-ring (bicyclic) bond motifs is 1. The maximum Gasteiger partial charge on any atom is 0.165 e. The molecule has 27 heavy (non-hydrogen) atoms. The number of alkyl halides is 1. The van der Waals surface area contributed by atoms with E-state index in [0.29, 0.717) is 39.0 Å². The summed E-state index contributed by atoms with van der Waals surface area (Å²) in [5.74, 6) is 6.70. The third-order valence-electron chi connectivity index (χ3n) is 5.92. The topological polar surface area (TPSA) is 80.2 Å². The van der Waals surface area contributed by atoms with Gasteiger partial charge in [-0.15, -0.1) is 0 Å². The van der Waals surface area contributed by atoms with Crippen molar-refractivity contribution in [3.05, 3.63) is 17.7 Å². The minimum absolute atomic E-state index is 0.246. The highest BCUT2D eigenvalue weighted by atomic mass is 19.1. The molecule has 2 aliphatic heterocycles. The average molecular weight is 379 g/mol. The van der Waals surface area contributed by atoms with Crippen molar-refractivity contribution in [1.29, 1.82) is 0 Å². The third-order valence-corrected chi connectivity index (χ3v) is 5.92. The number of benzene rings is 1. The zero-order chi connectivity index (χ0) is 19.1. The number of hydrogen-bond acceptors (Lipinski definition) is 7. The fourth-order valence-electron chi connectivity index (χ4n) is 4.42. The summed E-state index contributed by atoms with van der Waals surface area (Å²) in [6.07, 6.45) is 1.37. The van der Waals surface area contributed by atoms with E-state index in [4.69, 9.17) is 21.1 Å². The van der Waals surface area contributed by atoms with Crippen LogP contribution in [0, 0.1) is 5.92 Å². The molecule has 1 aromatic carbocycles. The summed E-state index contributed by atoms with van der Waals surface area (Å²) < 4.78 is 25.7. The predicted molar refractivity (Wildman–Crippen MR) is 104 cm³/mol. The van der Waals surface area contributed by atoms with Gasteiger partial charge in [0.15, 0.2) is 5.75 Å². The van der Waals surface area contributed by atoms with Gasteiger partial charge in [0, 0.05) is 44.7 Å². The van der Waals surface area contributed by atoms with E-state index in [1.165, 1.54) is 12.8 Å². The maximum absolute atomic E-state index is 14.7. The van der Waals surface area contributed by atoms with E-state index in [9.17, 15) is 4.39 Å². The number of nitrogens with zero attached hydrogens (tertiary/aromatic N) is 3. The van der Waals surface area contributed by atoms with Crippen molar-refractivity contribution >= 4 is 11.4 Å². The maximum atomic E-state index is 14.7. The molecule has 0 aromatic heterocycles. The van der Waals surface area contributed by atoms with Crippen molar-refractivity contribution in [3.8, 4) is 5.75 Å². The van der Waals surface area contributed by atoms with E-state index in [0.717, 1.165) is 22.7 Å². The normalized spacial score (nSPS) is 27.0. The number of halogens is 1. The van der Waals surface area contributed by atoms with Crippen molar-refractivity contribution in [2.24, 2.45) is 17.5 Å². The summed E-state index contributed by atoms with van der Waals surface area (Å²) in [7, 11) is 3.29. The lowest BCUT2D eigenvalue weighted by Gasteiger charge is -2.38. The predicted octanol–water partition coefficient (Wildman–Crippen LogP) is 1.06. The Morgan fingerprint density at radius 1 is 1.26 bits per heavy atom. The molecule has 1 aromatic rings. The molecule has 3 atom stereocenters. The van der Waals surface area contributed by atoms with E-state index < -0.39 is 6.17 Å². The van der Waals surface area contributed by atoms with Crippen LogP contribution >= 0.6 is 0 Å². The van der Waals surface area contributed by atoms with Gasteiger partial charge in [0.25, 0.3) is 0 Å². The lowest BCUT2D eigenvalue weighted by molar-refractivity contribution is 0.138. The summed E-state index contributed by atoms with van der Waals surface area (Å²) in [6.45, 7) is 2.62. The number of ether oxygens (including phenoxy) is 2. The van der Waals surface area contributed by atoms with E-state index >= 15 is 0 Å². The van der Waals surface area contributed by atoms with Crippen molar-refractivity contribution in [3.63, 3.8) is 0 Å². The van der Waals surface area contributed by atoms with Crippen LogP contribution in [-0.4, -0.2) is 63.8 Å². The third kappa shape index (κ3) is 3.47. The highest BCUT2D eigenvalue weighted by Crippen LogP contribution is 2.47. The van der Waals surface area contributed by atoms with Gasteiger partial charge in [-0.25, -0.2) is 9.40 Å². The zero-order valence-electron chi connectivity index (χ0n) is 16.1. The Morgan fingerprint density at radius 3 is 2.70 bits per heavy atom. The Balaban J connectivity index is 1.65. The lowest BCUT2D eigenvalue weighted by Crippen LogP contribution is -2.47. The number of nitrogens with two attached hydrogens (primary N) is 2. The molecule has 150 valence electrons. The monoisotopic (exact) mass is 379 g/mol. The first-order valence-corrected chi connectivity index (χ1v) is 9.63. The molecule has 0 radical (unpaired) electrons. The number of hydrazine groups is 1. The SMILES string of the molecule is COC[C@H](N)[C@H]1CN(c2ccc3c(c2OC)N(C2CC2)CN(N)C3)C[C@H]1F. The first-order valence-electron chi connectivity index (χ1n) is 9.63. The summed E-state index contributed by atoms with van der Waals surface area (Å²) in [6, 6.07) is 4.32. The van der Waals surface area contributed by atoms with Gasteiger partial charge in [-0.3, -0.25) is 5.84 Å². The Morgan fingerprint density at radius 2 is 2.04 bits per heavy atom. The van der Waals surface area contributed by atoms with Gasteiger partial charge in [0.05, 0.1) is 31.8 Å². The summed E-state index contributed by atoms with van der Waals surface area (Å²) in [5.41, 5.74) is 9.33. The Hall–Kier alpha value is -1.61. The largest absolute Gasteiger partial charge is 0.492 e. The molecule has 1 saturated heterocycles. The lowest BCUT2D eigenvalue weighted by atomic mass is 9.99. The van der Waals surface area contributed by atoms with Crippen molar-refractivity contribution < 1.29 is 13.9 Å². The smallest absolute Gasteiger partial charge is 0.165 e. The molecular weight excluding hydrogens is 349 g/mol. The number of rotatable bonds is 6. The summed E-state index contributed by atoms with van der Waals surface area (Å²) >= 11 is 0. The molecule has 0 unspecified atom stereocenters. The number of methoxy groups -OCH3 is 2. The van der Waals surface area contributed by atoms with Gasteiger partial charge >= 0.3 is 0 Å². The van der Waals surface area contributed by atoms with Crippen LogP contribution in [-0.2, 0) is 11.3 Å². The molecule has 1 aliphatic carbocycles. The second kappa shape index (κ2) is 7.43. The average Bonchev–Trinajstić information content (AvgIpc) is 3.42. The van der Waals surface area contributed by atoms with Crippen LogP contribution in [0.5, 0.6) is 5.75 Å². The molecule has 4 rings (SSSR count). The van der Waals surface area contributed by atoms with Crippen LogP contribution in [0.3, 0.4) is 0 Å². The Labute approximate surface area is 159 Å². The van der Waals surface area contributed by atoms with Crippen LogP contribution in [0.15, 0.2) is 12.1 Å². The molecule has 3 aliphatic rings. The Kier molecular flexibility index (Phi) is 5.15. The van der Waals surface area contributed by atoms with Crippen molar-refractivity contribution in [1.82, 2.24) is 5.01 Å². The second-order valence-electron chi connectivity index (χ2n) is 7.92. The van der Waals surface area contributed by atoms with E-state index in [1.54, 1.807) is 14.2 Å². The molecule has 0 amide bonds. The van der Waals surface area contributed by atoms with Gasteiger partial charge in [-0.2, -0.15) is 0 Å². The van der Waals surface area contributed by atoms with Gasteiger partial charge < -0.3 is 25.0 Å². The highest BCUT2D eigenvalue weighted by molar-refractivity contribution is 5.77. The molecule has 7 nitrogen and oxygen atoms in total. The molecule has 2 heterocycles. The molecule has 0 bridgehead atoms. The van der Waals surface area contributed by atoms with Gasteiger partial charge in [-0.1, -0.05) is 6.07 Å². The van der Waals surface area contributed by atoms with E-state index in [2.05, 4.69) is 15.9 Å². The first-order chi connectivity index (χ1) is 13.0. The highest BCUT2D eigenvalue weighted by Gasteiger charge is 2.40. The van der Waals surface area contributed by atoms with E-state index in [-0.39, 0.29) is 12.0 Å². The summed E-state index contributed by atoms with van der Waals surface area (Å²) in [4.78, 5) is 4.39. The molecule has 2 fully saturated rings. The fraction of sp³-hybridized carbons (Fsp3) is 0.684. The molecule has 8 heteroatoms. The standard InChI is InChI=1S/C19H30FN5O2/c1-26-10-16(21)14-8-23(9-15(14)20)17-6-3-12-7-24(22)11-25(13-4-5-13)18(12)19(17)27-2/h3,6,13-16H,4-5,7-11,21-22H2,1-2H3/t14-,15+,16-/m0/s1. The Bertz CT molecular complexity index is 686. The van der Waals surface area contributed by atoms with Gasteiger partial charge in [0.2, 0.25) is 0 Å². The molecule has 0 spiro atoms. The van der Waals surface area contributed by atoms with Crippen LogP contribution < -0.4 is 26.1 Å². The molecule has 4 N–H and O–H groups in total. The van der Waals surface area contributed by atoms with Gasteiger partial charge in [0.1, 0.15) is 6.17 Å². The second-order valence-corrected chi connectivity index (χ2v) is 7.92. The van der Waals surface area contributed by atoms with Crippen LogP contribution in [0.25, 0.3) is 0 Å². The van der Waals surface area contributed by atoms with Crippen LogP contribution in [0.1, 0.15) is 18.4 Å². The minimum Gasteiger partial charge on any atom is -0.492 e. The molecular formula is C19H30FN5O2. The van der Waals surface area contributed by atoms with Crippen molar-refractivity contribution in [2.75, 3.05) is 50.4 Å². The zero-order valence-corrected chi connectivity index (χ0v) is 16.1.